The lowest BCUT2D eigenvalue weighted by Gasteiger charge is -2.08. The fourth-order valence-corrected chi connectivity index (χ4v) is 4.04. The van der Waals surface area contributed by atoms with Gasteiger partial charge in [-0.1, -0.05) is 24.3 Å². The third-order valence-electron chi connectivity index (χ3n) is 3.39. The fourth-order valence-electron chi connectivity index (χ4n) is 2.20. The molecule has 0 saturated carbocycles. The summed E-state index contributed by atoms with van der Waals surface area (Å²) in [5.41, 5.74) is 0.566. The zero-order valence-corrected chi connectivity index (χ0v) is 14.8. The number of carboxylic acid groups (broad SMARTS) is 1. The first-order valence-electron chi connectivity index (χ1n) is 7.40. The second-order valence-electron chi connectivity index (χ2n) is 5.28. The summed E-state index contributed by atoms with van der Waals surface area (Å²) in [6.07, 6.45) is -2.77. The summed E-state index contributed by atoms with van der Waals surface area (Å²) in [5.74, 6) is -1.50. The Morgan fingerprint density at radius 1 is 1.15 bits per heavy atom. The lowest BCUT2D eigenvalue weighted by molar-refractivity contribution is -0.301. The number of thiazole rings is 1. The van der Waals surface area contributed by atoms with E-state index >= 15 is 0 Å². The van der Waals surface area contributed by atoms with E-state index < -0.39 is 17.7 Å². The second kappa shape index (κ2) is 7.51. The average Bonchev–Trinajstić information content (AvgIpc) is 3.02. The number of nitrogens with zero attached hydrogens (tertiary/aromatic N) is 1. The van der Waals surface area contributed by atoms with Gasteiger partial charge in [0.2, 0.25) is 0 Å². The van der Waals surface area contributed by atoms with E-state index in [1.54, 1.807) is 6.08 Å². The molecular formula is C18H11F3NO2S2-. The molecule has 0 fully saturated rings. The molecule has 3 rings (SSSR count). The van der Waals surface area contributed by atoms with Crippen LogP contribution in [-0.2, 0) is 11.0 Å². The van der Waals surface area contributed by atoms with E-state index in [-0.39, 0.29) is 5.75 Å². The summed E-state index contributed by atoms with van der Waals surface area (Å²) < 4.78 is 39.0. The van der Waals surface area contributed by atoms with Crippen LogP contribution in [0.4, 0.5) is 13.2 Å². The SMILES string of the molecule is O=C([O-])CS/C(=C\c1ccc(C(F)(F)F)cc1)c1nc2ccccc2s1. The van der Waals surface area contributed by atoms with Gasteiger partial charge in [-0.3, -0.25) is 0 Å². The minimum atomic E-state index is -4.40. The van der Waals surface area contributed by atoms with E-state index in [1.807, 2.05) is 24.3 Å². The molecule has 8 heteroatoms. The quantitative estimate of drug-likeness (QED) is 0.648. The van der Waals surface area contributed by atoms with E-state index in [2.05, 4.69) is 4.98 Å². The number of para-hydroxylation sites is 1. The van der Waals surface area contributed by atoms with E-state index in [9.17, 15) is 23.1 Å². The van der Waals surface area contributed by atoms with E-state index in [0.717, 1.165) is 34.1 Å². The Kier molecular flexibility index (Phi) is 5.33. The molecule has 2 aromatic carbocycles. The van der Waals surface area contributed by atoms with Crippen LogP contribution < -0.4 is 5.11 Å². The number of thioether (sulfide) groups is 1. The van der Waals surface area contributed by atoms with Crippen molar-refractivity contribution in [2.45, 2.75) is 6.18 Å². The highest BCUT2D eigenvalue weighted by atomic mass is 32.2. The molecule has 3 aromatic rings. The molecule has 0 atom stereocenters. The smallest absolute Gasteiger partial charge is 0.416 e. The van der Waals surface area contributed by atoms with Crippen LogP contribution in [0.15, 0.2) is 48.5 Å². The molecule has 0 aliphatic carbocycles. The van der Waals surface area contributed by atoms with Crippen LogP contribution in [0.25, 0.3) is 21.2 Å². The van der Waals surface area contributed by atoms with E-state index in [1.165, 1.54) is 23.5 Å². The maximum Gasteiger partial charge on any atom is 0.416 e. The molecule has 3 nitrogen and oxygen atoms in total. The van der Waals surface area contributed by atoms with Crippen molar-refractivity contribution in [3.8, 4) is 0 Å². The van der Waals surface area contributed by atoms with Crippen LogP contribution in [-0.4, -0.2) is 16.7 Å². The van der Waals surface area contributed by atoms with Crippen LogP contribution in [0.5, 0.6) is 0 Å². The third kappa shape index (κ3) is 4.44. The van der Waals surface area contributed by atoms with E-state index in [0.29, 0.717) is 15.5 Å². The molecule has 26 heavy (non-hydrogen) atoms. The zero-order valence-electron chi connectivity index (χ0n) is 13.1. The van der Waals surface area contributed by atoms with Gasteiger partial charge in [0, 0.05) is 10.7 Å². The van der Waals surface area contributed by atoms with Gasteiger partial charge in [0.1, 0.15) is 5.01 Å². The van der Waals surface area contributed by atoms with Gasteiger partial charge in [-0.15, -0.1) is 23.1 Å². The molecule has 0 unspecified atom stereocenters. The molecule has 0 aliphatic heterocycles. The van der Waals surface area contributed by atoms with Gasteiger partial charge in [-0.2, -0.15) is 13.2 Å². The summed E-state index contributed by atoms with van der Waals surface area (Å²) in [5, 5.41) is 11.4. The lowest BCUT2D eigenvalue weighted by atomic mass is 10.1. The van der Waals surface area contributed by atoms with Crippen molar-refractivity contribution in [3.05, 3.63) is 64.7 Å². The van der Waals surface area contributed by atoms with Crippen molar-refractivity contribution in [2.75, 3.05) is 5.75 Å². The van der Waals surface area contributed by atoms with Gasteiger partial charge in [0.15, 0.2) is 0 Å². The molecule has 1 aromatic heterocycles. The highest BCUT2D eigenvalue weighted by Gasteiger charge is 2.29. The van der Waals surface area contributed by atoms with Gasteiger partial charge in [-0.05, 0) is 35.9 Å². The normalized spacial score (nSPS) is 12.5. The van der Waals surface area contributed by atoms with Gasteiger partial charge in [-0.25, -0.2) is 4.98 Å². The van der Waals surface area contributed by atoms with Crippen LogP contribution in [0.1, 0.15) is 16.1 Å². The first-order valence-corrected chi connectivity index (χ1v) is 9.21. The minimum absolute atomic E-state index is 0.275. The van der Waals surface area contributed by atoms with Crippen molar-refractivity contribution in [2.24, 2.45) is 0 Å². The van der Waals surface area contributed by atoms with E-state index in [4.69, 9.17) is 0 Å². The molecule has 1 heterocycles. The van der Waals surface area contributed by atoms with Crippen molar-refractivity contribution in [1.29, 1.82) is 0 Å². The first-order chi connectivity index (χ1) is 12.3. The van der Waals surface area contributed by atoms with Gasteiger partial charge in [0.05, 0.1) is 21.7 Å². The average molecular weight is 394 g/mol. The molecule has 0 saturated heterocycles. The second-order valence-corrected chi connectivity index (χ2v) is 7.32. The number of hydrogen-bond donors (Lipinski definition) is 0. The number of benzene rings is 2. The molecule has 0 bridgehead atoms. The molecule has 0 amide bonds. The van der Waals surface area contributed by atoms with Crippen LogP contribution >= 0.6 is 23.1 Å². The Labute approximate surface area is 155 Å². The summed E-state index contributed by atoms with van der Waals surface area (Å²) in [7, 11) is 0. The van der Waals surface area contributed by atoms with Gasteiger partial charge >= 0.3 is 6.18 Å². The Bertz CT molecular complexity index is 929. The summed E-state index contributed by atoms with van der Waals surface area (Å²) in [4.78, 5) is 15.9. The predicted molar refractivity (Wildman–Crippen MR) is 96.4 cm³/mol. The standard InChI is InChI=1S/C18H12F3NO2S2/c19-18(20,21)12-7-5-11(6-8-12)9-15(25-10-16(23)24)17-22-13-3-1-2-4-14(13)26-17/h1-9H,10H2,(H,23,24)/p-1/b15-9-. The number of aromatic nitrogens is 1. The zero-order chi connectivity index (χ0) is 18.7. The minimum Gasteiger partial charge on any atom is -0.549 e. The number of halogens is 3. The number of alkyl halides is 3. The number of carboxylic acids is 1. The predicted octanol–water partition coefficient (Wildman–Crippen LogP) is 4.30. The third-order valence-corrected chi connectivity index (χ3v) is 5.59. The lowest BCUT2D eigenvalue weighted by Crippen LogP contribution is -2.24. The highest BCUT2D eigenvalue weighted by Crippen LogP contribution is 2.35. The van der Waals surface area contributed by atoms with Crippen molar-refractivity contribution in [3.63, 3.8) is 0 Å². The van der Waals surface area contributed by atoms with Crippen LogP contribution in [0, 0.1) is 0 Å². The number of rotatable bonds is 5. The number of carbonyl (C=O) groups excluding carboxylic acids is 1. The molecule has 0 N–H and O–H groups in total. The molecule has 0 radical (unpaired) electrons. The maximum absolute atomic E-state index is 12.7. The Balaban J connectivity index is 1.97. The van der Waals surface area contributed by atoms with Crippen molar-refractivity contribution >= 4 is 50.3 Å². The number of carbonyl (C=O) groups is 1. The summed E-state index contributed by atoms with van der Waals surface area (Å²) >= 11 is 2.42. The molecule has 0 aliphatic rings. The molecular weight excluding hydrogens is 383 g/mol. The Morgan fingerprint density at radius 3 is 2.46 bits per heavy atom. The topological polar surface area (TPSA) is 53.0 Å². The Hall–Kier alpha value is -2.32. The molecule has 134 valence electrons. The number of hydrogen-bond acceptors (Lipinski definition) is 5. The van der Waals surface area contributed by atoms with Crippen molar-refractivity contribution in [1.82, 2.24) is 4.98 Å². The molecule has 0 spiro atoms. The van der Waals surface area contributed by atoms with Crippen LogP contribution in [0.2, 0.25) is 0 Å². The number of fused-ring (bicyclic) bond motifs is 1. The number of aliphatic carboxylic acids is 1. The summed E-state index contributed by atoms with van der Waals surface area (Å²) in [6.45, 7) is 0. The maximum atomic E-state index is 12.7. The first kappa shape index (κ1) is 18.5. The van der Waals surface area contributed by atoms with Gasteiger partial charge in [0.25, 0.3) is 0 Å². The Morgan fingerprint density at radius 2 is 1.85 bits per heavy atom. The highest BCUT2D eigenvalue weighted by molar-refractivity contribution is 8.09. The fraction of sp³-hybridized carbons (Fsp3) is 0.111. The summed E-state index contributed by atoms with van der Waals surface area (Å²) in [6, 6.07) is 12.1. The van der Waals surface area contributed by atoms with Gasteiger partial charge < -0.3 is 9.90 Å². The van der Waals surface area contributed by atoms with Crippen molar-refractivity contribution < 1.29 is 23.1 Å². The monoisotopic (exact) mass is 394 g/mol. The largest absolute Gasteiger partial charge is 0.549 e. The van der Waals surface area contributed by atoms with Crippen LogP contribution in [0.3, 0.4) is 0 Å².